The Bertz CT molecular complexity index is 282. The highest BCUT2D eigenvalue weighted by Gasteiger charge is 2.44. The van der Waals surface area contributed by atoms with E-state index in [2.05, 4.69) is 4.74 Å². The molecule has 1 heterocycles. The number of rotatable bonds is 0. The van der Waals surface area contributed by atoms with Gasteiger partial charge in [-0.05, 0) is 12.8 Å². The lowest BCUT2D eigenvalue weighted by atomic mass is 9.86. The zero-order valence-electron chi connectivity index (χ0n) is 6.25. The van der Waals surface area contributed by atoms with Gasteiger partial charge in [-0.3, -0.25) is 9.59 Å². The molecule has 1 aliphatic carbocycles. The fourth-order valence-corrected chi connectivity index (χ4v) is 1.85. The van der Waals surface area contributed by atoms with Crippen molar-refractivity contribution in [1.82, 2.24) is 0 Å². The molecule has 0 aromatic carbocycles. The van der Waals surface area contributed by atoms with Crippen LogP contribution in [0.4, 0.5) is 0 Å². The van der Waals surface area contributed by atoms with Crippen LogP contribution in [-0.4, -0.2) is 11.9 Å². The Labute approximate surface area is 74.3 Å². The Morgan fingerprint density at radius 2 is 2.17 bits per heavy atom. The van der Waals surface area contributed by atoms with E-state index in [1.807, 2.05) is 0 Å². The topological polar surface area (TPSA) is 43.4 Å². The van der Waals surface area contributed by atoms with E-state index in [0.717, 1.165) is 0 Å². The number of cyclic esters (lactones) is 2. The molecule has 0 amide bonds. The van der Waals surface area contributed by atoms with Crippen LogP contribution in [0.3, 0.4) is 0 Å². The summed E-state index contributed by atoms with van der Waals surface area (Å²) in [5.41, 5.74) is 0. The molecule has 0 aromatic heterocycles. The minimum absolute atomic E-state index is 0.278. The first kappa shape index (κ1) is 7.80. The van der Waals surface area contributed by atoms with Crippen molar-refractivity contribution in [3.63, 3.8) is 0 Å². The van der Waals surface area contributed by atoms with Crippen molar-refractivity contribution in [3.05, 3.63) is 11.1 Å². The van der Waals surface area contributed by atoms with E-state index in [4.69, 9.17) is 11.6 Å². The van der Waals surface area contributed by atoms with Gasteiger partial charge in [-0.1, -0.05) is 17.7 Å². The molecule has 4 heteroatoms. The second-order valence-corrected chi connectivity index (χ2v) is 3.51. The van der Waals surface area contributed by atoms with E-state index in [1.54, 1.807) is 6.08 Å². The maximum Gasteiger partial charge on any atom is 0.321 e. The number of hydrogen-bond donors (Lipinski definition) is 0. The van der Waals surface area contributed by atoms with Gasteiger partial charge in [0.1, 0.15) is 0 Å². The number of carbonyl (C=O) groups excluding carboxylic acids is 2. The summed E-state index contributed by atoms with van der Waals surface area (Å²) in [7, 11) is 0. The van der Waals surface area contributed by atoms with Crippen LogP contribution < -0.4 is 0 Å². The predicted octanol–water partition coefficient (Wildman–Crippen LogP) is 1.22. The summed E-state index contributed by atoms with van der Waals surface area (Å²) in [5.74, 6) is -1.55. The van der Waals surface area contributed by atoms with Crippen LogP contribution in [0.15, 0.2) is 11.1 Å². The zero-order chi connectivity index (χ0) is 8.72. The van der Waals surface area contributed by atoms with E-state index in [1.165, 1.54) is 0 Å². The molecule has 12 heavy (non-hydrogen) atoms. The first-order valence-electron chi connectivity index (χ1n) is 3.80. The molecule has 0 saturated carbocycles. The third kappa shape index (κ3) is 1.05. The van der Waals surface area contributed by atoms with Crippen molar-refractivity contribution in [2.45, 2.75) is 12.8 Å². The van der Waals surface area contributed by atoms with Gasteiger partial charge < -0.3 is 4.74 Å². The fraction of sp³-hybridized carbons (Fsp3) is 0.500. The normalized spacial score (nSPS) is 34.2. The molecule has 1 saturated heterocycles. The van der Waals surface area contributed by atoms with Crippen LogP contribution in [0.2, 0.25) is 0 Å². The Morgan fingerprint density at radius 1 is 1.42 bits per heavy atom. The monoisotopic (exact) mass is 186 g/mol. The molecule has 64 valence electrons. The summed E-state index contributed by atoms with van der Waals surface area (Å²) in [6, 6.07) is 0. The smallest absolute Gasteiger partial charge is 0.321 e. The SMILES string of the molecule is O=C1OC(=O)C2CCC(Cl)=CC12. The predicted molar refractivity (Wildman–Crippen MR) is 41.2 cm³/mol. The molecule has 0 radical (unpaired) electrons. The number of hydrogen-bond acceptors (Lipinski definition) is 3. The van der Waals surface area contributed by atoms with Crippen LogP contribution in [0, 0.1) is 11.8 Å². The highest BCUT2D eigenvalue weighted by molar-refractivity contribution is 6.29. The average Bonchev–Trinajstić information content (AvgIpc) is 2.28. The van der Waals surface area contributed by atoms with Gasteiger partial charge in [-0.15, -0.1) is 0 Å². The molecule has 2 aliphatic rings. The highest BCUT2D eigenvalue weighted by atomic mass is 35.5. The largest absolute Gasteiger partial charge is 0.392 e. The van der Waals surface area contributed by atoms with Crippen LogP contribution in [-0.2, 0) is 14.3 Å². The maximum absolute atomic E-state index is 11.0. The summed E-state index contributed by atoms with van der Waals surface area (Å²) in [6.45, 7) is 0. The molecule has 2 rings (SSSR count). The standard InChI is InChI=1S/C8H7ClO3/c9-4-1-2-5-6(3-4)8(11)12-7(5)10/h3,5-6H,1-2H2. The molecular formula is C8H7ClO3. The van der Waals surface area contributed by atoms with E-state index >= 15 is 0 Å². The van der Waals surface area contributed by atoms with Gasteiger partial charge in [0, 0.05) is 5.03 Å². The van der Waals surface area contributed by atoms with Gasteiger partial charge >= 0.3 is 11.9 Å². The van der Waals surface area contributed by atoms with E-state index in [9.17, 15) is 9.59 Å². The van der Waals surface area contributed by atoms with Crippen molar-refractivity contribution in [1.29, 1.82) is 0 Å². The second kappa shape index (κ2) is 2.59. The summed E-state index contributed by atoms with van der Waals surface area (Å²) in [4.78, 5) is 22.0. The Kier molecular flexibility index (Phi) is 1.68. The first-order chi connectivity index (χ1) is 5.68. The molecule has 1 aliphatic heterocycles. The molecule has 2 unspecified atom stereocenters. The first-order valence-corrected chi connectivity index (χ1v) is 4.18. The molecule has 1 fully saturated rings. The third-order valence-electron chi connectivity index (χ3n) is 2.26. The molecule has 0 aromatic rings. The van der Waals surface area contributed by atoms with E-state index in [0.29, 0.717) is 17.9 Å². The summed E-state index contributed by atoms with van der Waals surface area (Å²) < 4.78 is 4.48. The average molecular weight is 187 g/mol. The lowest BCUT2D eigenvalue weighted by molar-refractivity contribution is -0.153. The van der Waals surface area contributed by atoms with Gasteiger partial charge in [0.15, 0.2) is 0 Å². The number of allylic oxidation sites excluding steroid dienone is 1. The quantitative estimate of drug-likeness (QED) is 0.422. The molecule has 2 atom stereocenters. The summed E-state index contributed by atoms with van der Waals surface area (Å²) in [6.07, 6.45) is 2.93. The second-order valence-electron chi connectivity index (χ2n) is 3.02. The van der Waals surface area contributed by atoms with Gasteiger partial charge in [-0.2, -0.15) is 0 Å². The molecular weight excluding hydrogens is 180 g/mol. The highest BCUT2D eigenvalue weighted by Crippen LogP contribution is 2.36. The summed E-state index contributed by atoms with van der Waals surface area (Å²) in [5, 5.41) is 0.655. The van der Waals surface area contributed by atoms with Gasteiger partial charge in [0.25, 0.3) is 0 Å². The minimum atomic E-state index is -0.456. The molecule has 0 N–H and O–H groups in total. The number of carbonyl (C=O) groups is 2. The van der Waals surface area contributed by atoms with Crippen molar-refractivity contribution in [2.24, 2.45) is 11.8 Å². The molecule has 3 nitrogen and oxygen atoms in total. The van der Waals surface area contributed by atoms with Gasteiger partial charge in [0.2, 0.25) is 0 Å². The van der Waals surface area contributed by atoms with Crippen molar-refractivity contribution in [3.8, 4) is 0 Å². The number of ether oxygens (including phenoxy) is 1. The maximum atomic E-state index is 11.0. The minimum Gasteiger partial charge on any atom is -0.392 e. The molecule has 0 bridgehead atoms. The van der Waals surface area contributed by atoms with Gasteiger partial charge in [-0.25, -0.2) is 0 Å². The van der Waals surface area contributed by atoms with Crippen molar-refractivity contribution in [2.75, 3.05) is 0 Å². The van der Waals surface area contributed by atoms with Crippen LogP contribution in [0.5, 0.6) is 0 Å². The van der Waals surface area contributed by atoms with E-state index in [-0.39, 0.29) is 5.92 Å². The number of fused-ring (bicyclic) bond motifs is 1. The van der Waals surface area contributed by atoms with Gasteiger partial charge in [0.05, 0.1) is 11.8 Å². The van der Waals surface area contributed by atoms with Crippen LogP contribution >= 0.6 is 11.6 Å². The lowest BCUT2D eigenvalue weighted by Gasteiger charge is -2.15. The van der Waals surface area contributed by atoms with Crippen LogP contribution in [0.1, 0.15) is 12.8 Å². The number of esters is 2. The van der Waals surface area contributed by atoms with Crippen molar-refractivity contribution < 1.29 is 14.3 Å². The lowest BCUT2D eigenvalue weighted by Crippen LogP contribution is -2.19. The van der Waals surface area contributed by atoms with E-state index < -0.39 is 17.9 Å². The Morgan fingerprint density at radius 3 is 2.92 bits per heavy atom. The Balaban J connectivity index is 2.32. The van der Waals surface area contributed by atoms with Crippen LogP contribution in [0.25, 0.3) is 0 Å². The fourth-order valence-electron chi connectivity index (χ4n) is 1.61. The van der Waals surface area contributed by atoms with Crippen molar-refractivity contribution >= 4 is 23.5 Å². The number of halogens is 1. The third-order valence-corrected chi connectivity index (χ3v) is 2.58. The zero-order valence-corrected chi connectivity index (χ0v) is 7.00. The Hall–Kier alpha value is -0.830. The molecule has 0 spiro atoms. The summed E-state index contributed by atoms with van der Waals surface area (Å²) >= 11 is 5.74.